The molecule has 5 nitrogen and oxygen atoms in total. The van der Waals surface area contributed by atoms with Crippen molar-refractivity contribution in [2.45, 2.75) is 25.9 Å². The van der Waals surface area contributed by atoms with Gasteiger partial charge in [0.05, 0.1) is 12.7 Å². The van der Waals surface area contributed by atoms with Gasteiger partial charge in [0.1, 0.15) is 11.8 Å². The molecule has 0 fully saturated rings. The lowest BCUT2D eigenvalue weighted by Crippen LogP contribution is -2.47. The number of aryl methyl sites for hydroxylation is 1. The lowest BCUT2D eigenvalue weighted by atomic mass is 10.1. The van der Waals surface area contributed by atoms with Gasteiger partial charge >= 0.3 is 0 Å². The molecule has 1 atom stereocenters. The van der Waals surface area contributed by atoms with Crippen molar-refractivity contribution in [2.75, 3.05) is 19.1 Å². The third-order valence-corrected chi connectivity index (χ3v) is 5.63. The fourth-order valence-corrected chi connectivity index (χ4v) is 3.61. The van der Waals surface area contributed by atoms with E-state index in [-0.39, 0.29) is 11.8 Å². The molecule has 0 heterocycles. The number of methoxy groups -OCH3 is 1. The molecule has 0 saturated carbocycles. The van der Waals surface area contributed by atoms with Crippen molar-refractivity contribution >= 4 is 39.5 Å². The van der Waals surface area contributed by atoms with Crippen LogP contribution in [0.1, 0.15) is 27.9 Å². The van der Waals surface area contributed by atoms with Crippen molar-refractivity contribution < 1.29 is 14.3 Å². The molecule has 28 heavy (non-hydrogen) atoms. The van der Waals surface area contributed by atoms with E-state index in [1.165, 1.54) is 0 Å². The number of halogens is 1. The van der Waals surface area contributed by atoms with Gasteiger partial charge in [-0.25, -0.2) is 0 Å². The highest BCUT2D eigenvalue weighted by Gasteiger charge is 2.22. The second kappa shape index (κ2) is 11.1. The normalized spacial score (nSPS) is 11.6. The number of ether oxygens (including phenoxy) is 1. The maximum Gasteiger partial charge on any atom is 0.253 e. The topological polar surface area (TPSA) is 67.4 Å². The zero-order chi connectivity index (χ0) is 20.5. The van der Waals surface area contributed by atoms with Gasteiger partial charge < -0.3 is 15.4 Å². The first kappa shape index (κ1) is 22.3. The van der Waals surface area contributed by atoms with Gasteiger partial charge in [-0.15, -0.1) is 0 Å². The standard InChI is InChI=1S/C21H25BrN2O3S/c1-14-8-9-15(12-19(14)27-2)13-23-21(26)18(10-11-28-3)24-20(25)16-6-4-5-7-17(16)22/h4-9,12,18H,10-11,13H2,1-3H3,(H,23,26)(H,24,25). The van der Waals surface area contributed by atoms with Crippen molar-refractivity contribution in [3.63, 3.8) is 0 Å². The van der Waals surface area contributed by atoms with Crippen LogP contribution in [0.5, 0.6) is 5.75 Å². The van der Waals surface area contributed by atoms with E-state index in [4.69, 9.17) is 4.74 Å². The zero-order valence-electron chi connectivity index (χ0n) is 16.3. The summed E-state index contributed by atoms with van der Waals surface area (Å²) in [6, 6.07) is 12.4. The van der Waals surface area contributed by atoms with E-state index >= 15 is 0 Å². The molecular weight excluding hydrogens is 440 g/mol. The Bertz CT molecular complexity index is 829. The highest BCUT2D eigenvalue weighted by Crippen LogP contribution is 2.19. The van der Waals surface area contributed by atoms with E-state index in [1.807, 2.05) is 37.4 Å². The molecule has 0 radical (unpaired) electrons. The van der Waals surface area contributed by atoms with E-state index in [2.05, 4.69) is 26.6 Å². The minimum Gasteiger partial charge on any atom is -0.496 e. The molecule has 0 bridgehead atoms. The Morgan fingerprint density at radius 1 is 1.21 bits per heavy atom. The first-order valence-corrected chi connectivity index (χ1v) is 11.1. The Labute approximate surface area is 178 Å². The molecule has 0 aromatic heterocycles. The fraction of sp³-hybridized carbons (Fsp3) is 0.333. The van der Waals surface area contributed by atoms with Gasteiger partial charge in [-0.3, -0.25) is 9.59 Å². The van der Waals surface area contributed by atoms with Crippen molar-refractivity contribution in [1.82, 2.24) is 10.6 Å². The van der Waals surface area contributed by atoms with Crippen LogP contribution in [-0.2, 0) is 11.3 Å². The molecule has 2 N–H and O–H groups in total. The second-order valence-electron chi connectivity index (χ2n) is 6.31. The average molecular weight is 465 g/mol. The fourth-order valence-electron chi connectivity index (χ4n) is 2.67. The van der Waals surface area contributed by atoms with Crippen LogP contribution >= 0.6 is 27.7 Å². The summed E-state index contributed by atoms with van der Waals surface area (Å²) in [7, 11) is 1.63. The molecule has 1 unspecified atom stereocenters. The predicted molar refractivity (Wildman–Crippen MR) is 118 cm³/mol. The molecule has 0 aliphatic carbocycles. The lowest BCUT2D eigenvalue weighted by Gasteiger charge is -2.19. The second-order valence-corrected chi connectivity index (χ2v) is 8.15. The quantitative estimate of drug-likeness (QED) is 0.589. The number of carbonyl (C=O) groups excluding carboxylic acids is 2. The molecule has 2 rings (SSSR count). The number of hydrogen-bond donors (Lipinski definition) is 2. The van der Waals surface area contributed by atoms with Crippen LogP contribution in [0, 0.1) is 6.92 Å². The maximum absolute atomic E-state index is 12.7. The molecule has 0 spiro atoms. The average Bonchev–Trinajstić information content (AvgIpc) is 2.70. The van der Waals surface area contributed by atoms with Crippen molar-refractivity contribution in [1.29, 1.82) is 0 Å². The predicted octanol–water partition coefficient (Wildman–Crippen LogP) is 3.93. The summed E-state index contributed by atoms with van der Waals surface area (Å²) in [5, 5.41) is 5.78. The molecule has 0 aliphatic rings. The molecule has 7 heteroatoms. The van der Waals surface area contributed by atoms with Crippen LogP contribution < -0.4 is 15.4 Å². The summed E-state index contributed by atoms with van der Waals surface area (Å²) < 4.78 is 6.03. The first-order valence-electron chi connectivity index (χ1n) is 8.91. The number of hydrogen-bond acceptors (Lipinski definition) is 4. The summed E-state index contributed by atoms with van der Waals surface area (Å²) in [6.45, 7) is 2.34. The number of thioether (sulfide) groups is 1. The number of amides is 2. The highest BCUT2D eigenvalue weighted by atomic mass is 79.9. The van der Waals surface area contributed by atoms with Crippen LogP contribution in [0.25, 0.3) is 0 Å². The molecule has 2 amide bonds. The molecule has 2 aromatic rings. The number of rotatable bonds is 9. The van der Waals surface area contributed by atoms with E-state index in [0.29, 0.717) is 23.0 Å². The summed E-state index contributed by atoms with van der Waals surface area (Å²) in [5.41, 5.74) is 2.49. The Morgan fingerprint density at radius 2 is 1.96 bits per heavy atom. The summed E-state index contributed by atoms with van der Waals surface area (Å²) in [4.78, 5) is 25.3. The zero-order valence-corrected chi connectivity index (χ0v) is 18.7. The lowest BCUT2D eigenvalue weighted by molar-refractivity contribution is -0.123. The Morgan fingerprint density at radius 3 is 2.64 bits per heavy atom. The van der Waals surface area contributed by atoms with Gasteiger partial charge in [0.2, 0.25) is 5.91 Å². The number of benzene rings is 2. The van der Waals surface area contributed by atoms with Crippen LogP contribution in [-0.4, -0.2) is 37.0 Å². The summed E-state index contributed by atoms with van der Waals surface area (Å²) in [6.07, 6.45) is 2.53. The Kier molecular flexibility index (Phi) is 8.86. The van der Waals surface area contributed by atoms with Crippen molar-refractivity contribution in [3.05, 3.63) is 63.6 Å². The van der Waals surface area contributed by atoms with Crippen molar-refractivity contribution in [3.8, 4) is 5.75 Å². The Balaban J connectivity index is 2.04. The van der Waals surface area contributed by atoms with Crippen LogP contribution in [0.4, 0.5) is 0 Å². The largest absolute Gasteiger partial charge is 0.496 e. The molecule has 0 aliphatic heterocycles. The number of nitrogens with one attached hydrogen (secondary N) is 2. The monoisotopic (exact) mass is 464 g/mol. The van der Waals surface area contributed by atoms with Gasteiger partial charge in [0.25, 0.3) is 5.91 Å². The van der Waals surface area contributed by atoms with Crippen LogP contribution in [0.2, 0.25) is 0 Å². The van der Waals surface area contributed by atoms with E-state index < -0.39 is 6.04 Å². The SMILES string of the molecule is COc1cc(CNC(=O)C(CCSC)NC(=O)c2ccccc2Br)ccc1C. The molecule has 2 aromatic carbocycles. The highest BCUT2D eigenvalue weighted by molar-refractivity contribution is 9.10. The van der Waals surface area contributed by atoms with E-state index in [9.17, 15) is 9.59 Å². The minimum atomic E-state index is -0.598. The van der Waals surface area contributed by atoms with Crippen LogP contribution in [0.3, 0.4) is 0 Å². The van der Waals surface area contributed by atoms with E-state index in [0.717, 1.165) is 22.6 Å². The van der Waals surface area contributed by atoms with E-state index in [1.54, 1.807) is 37.1 Å². The van der Waals surface area contributed by atoms with Gasteiger partial charge in [-0.1, -0.05) is 24.3 Å². The van der Waals surface area contributed by atoms with Gasteiger partial charge in [0.15, 0.2) is 0 Å². The smallest absolute Gasteiger partial charge is 0.253 e. The molecular formula is C21H25BrN2O3S. The van der Waals surface area contributed by atoms with Gasteiger partial charge in [0, 0.05) is 11.0 Å². The third-order valence-electron chi connectivity index (χ3n) is 4.29. The van der Waals surface area contributed by atoms with Crippen molar-refractivity contribution in [2.24, 2.45) is 0 Å². The third kappa shape index (κ3) is 6.27. The van der Waals surface area contributed by atoms with Gasteiger partial charge in [-0.05, 0) is 70.6 Å². The van der Waals surface area contributed by atoms with Crippen LogP contribution in [0.15, 0.2) is 46.9 Å². The summed E-state index contributed by atoms with van der Waals surface area (Å²) in [5.74, 6) is 1.08. The number of carbonyl (C=O) groups is 2. The summed E-state index contributed by atoms with van der Waals surface area (Å²) >= 11 is 5.02. The maximum atomic E-state index is 12.7. The Hall–Kier alpha value is -1.99. The minimum absolute atomic E-state index is 0.200. The van der Waals surface area contributed by atoms with Gasteiger partial charge in [-0.2, -0.15) is 11.8 Å². The molecule has 150 valence electrons. The molecule has 0 saturated heterocycles. The first-order chi connectivity index (χ1) is 13.5.